The zero-order valence-electron chi connectivity index (χ0n) is 10.3. The summed E-state index contributed by atoms with van der Waals surface area (Å²) < 4.78 is 0. The largest absolute Gasteiger partial charge is 0.367 e. The normalized spacial score (nSPS) is 10.3. The standard InChI is InChI=1S/C14H16N2OS/c1-11-2-4-13(5-3-11)18-10-14(17)16-9-12-6-7-15-8-12/h2-8,15H,9-10H2,1H3,(H,16,17). The summed E-state index contributed by atoms with van der Waals surface area (Å²) in [4.78, 5) is 15.7. The van der Waals surface area contributed by atoms with Crippen LogP contribution in [-0.2, 0) is 11.3 Å². The van der Waals surface area contributed by atoms with Crippen LogP contribution in [0.2, 0.25) is 0 Å². The Morgan fingerprint density at radius 2 is 2.06 bits per heavy atom. The van der Waals surface area contributed by atoms with Crippen LogP contribution in [0.1, 0.15) is 11.1 Å². The third-order valence-electron chi connectivity index (χ3n) is 2.54. The van der Waals surface area contributed by atoms with Crippen molar-refractivity contribution in [3.8, 4) is 0 Å². The molecule has 2 N–H and O–H groups in total. The van der Waals surface area contributed by atoms with Gasteiger partial charge in [0.1, 0.15) is 0 Å². The average Bonchev–Trinajstić information content (AvgIpc) is 2.89. The Hall–Kier alpha value is -1.68. The van der Waals surface area contributed by atoms with Crippen LogP contribution >= 0.6 is 11.8 Å². The zero-order valence-corrected chi connectivity index (χ0v) is 11.1. The Morgan fingerprint density at radius 1 is 1.28 bits per heavy atom. The molecule has 1 aromatic carbocycles. The minimum Gasteiger partial charge on any atom is -0.367 e. The molecule has 0 spiro atoms. The molecule has 4 heteroatoms. The van der Waals surface area contributed by atoms with Crippen molar-refractivity contribution in [1.29, 1.82) is 0 Å². The number of nitrogens with one attached hydrogen (secondary N) is 2. The van der Waals surface area contributed by atoms with Gasteiger partial charge in [0.15, 0.2) is 0 Å². The van der Waals surface area contributed by atoms with Gasteiger partial charge < -0.3 is 10.3 Å². The van der Waals surface area contributed by atoms with Gasteiger partial charge >= 0.3 is 0 Å². The Labute approximate surface area is 111 Å². The second-order valence-corrected chi connectivity index (χ2v) is 5.15. The molecule has 0 aliphatic heterocycles. The lowest BCUT2D eigenvalue weighted by molar-refractivity contribution is -0.118. The lowest BCUT2D eigenvalue weighted by Crippen LogP contribution is -2.24. The van der Waals surface area contributed by atoms with Gasteiger partial charge in [0.2, 0.25) is 5.91 Å². The molecule has 2 rings (SSSR count). The first kappa shape index (κ1) is 12.8. The van der Waals surface area contributed by atoms with Crippen LogP contribution < -0.4 is 5.32 Å². The molecule has 0 saturated carbocycles. The first-order valence-electron chi connectivity index (χ1n) is 5.82. The highest BCUT2D eigenvalue weighted by atomic mass is 32.2. The van der Waals surface area contributed by atoms with Gasteiger partial charge in [-0.2, -0.15) is 0 Å². The minimum atomic E-state index is 0.0572. The molecule has 0 saturated heterocycles. The van der Waals surface area contributed by atoms with Crippen LogP contribution in [0.3, 0.4) is 0 Å². The van der Waals surface area contributed by atoms with E-state index in [0.717, 1.165) is 10.5 Å². The van der Waals surface area contributed by atoms with E-state index in [9.17, 15) is 4.79 Å². The smallest absolute Gasteiger partial charge is 0.230 e. The number of hydrogen-bond donors (Lipinski definition) is 2. The van der Waals surface area contributed by atoms with Crippen LogP contribution in [0.15, 0.2) is 47.6 Å². The maximum absolute atomic E-state index is 11.6. The molecule has 1 heterocycles. The molecule has 94 valence electrons. The predicted molar refractivity (Wildman–Crippen MR) is 74.5 cm³/mol. The Balaban J connectivity index is 1.73. The van der Waals surface area contributed by atoms with Gasteiger partial charge in [0.05, 0.1) is 5.75 Å². The number of hydrogen-bond acceptors (Lipinski definition) is 2. The van der Waals surface area contributed by atoms with E-state index in [0.29, 0.717) is 12.3 Å². The summed E-state index contributed by atoms with van der Waals surface area (Å²) in [6.45, 7) is 2.63. The Morgan fingerprint density at radius 3 is 2.72 bits per heavy atom. The predicted octanol–water partition coefficient (Wildman–Crippen LogP) is 2.73. The number of H-pyrrole nitrogens is 1. The number of aryl methyl sites for hydroxylation is 1. The summed E-state index contributed by atoms with van der Waals surface area (Å²) >= 11 is 1.55. The zero-order chi connectivity index (χ0) is 12.8. The summed E-state index contributed by atoms with van der Waals surface area (Å²) in [7, 11) is 0. The topological polar surface area (TPSA) is 44.9 Å². The Bertz CT molecular complexity index is 491. The van der Waals surface area contributed by atoms with Gasteiger partial charge in [-0.05, 0) is 30.7 Å². The molecule has 0 aliphatic rings. The number of thioether (sulfide) groups is 1. The molecule has 0 unspecified atom stereocenters. The molecule has 0 atom stereocenters. The third kappa shape index (κ3) is 3.96. The monoisotopic (exact) mass is 260 g/mol. The molecule has 0 fully saturated rings. The van der Waals surface area contributed by atoms with E-state index in [1.165, 1.54) is 5.56 Å². The van der Waals surface area contributed by atoms with Gasteiger partial charge in [0, 0.05) is 23.8 Å². The van der Waals surface area contributed by atoms with Crippen LogP contribution in [0.25, 0.3) is 0 Å². The highest BCUT2D eigenvalue weighted by Gasteiger charge is 2.02. The highest BCUT2D eigenvalue weighted by Crippen LogP contribution is 2.17. The molecule has 3 nitrogen and oxygen atoms in total. The number of carbonyl (C=O) groups is 1. The maximum Gasteiger partial charge on any atom is 0.230 e. The van der Waals surface area contributed by atoms with Crippen molar-refractivity contribution in [1.82, 2.24) is 10.3 Å². The van der Waals surface area contributed by atoms with E-state index in [1.807, 2.05) is 30.6 Å². The van der Waals surface area contributed by atoms with Crippen LogP contribution in [0.4, 0.5) is 0 Å². The van der Waals surface area contributed by atoms with Crippen LogP contribution in [0.5, 0.6) is 0 Å². The number of amides is 1. The Kier molecular flexibility index (Phi) is 4.47. The number of aromatic nitrogens is 1. The van der Waals surface area contributed by atoms with Crippen LogP contribution in [0, 0.1) is 6.92 Å². The first-order valence-corrected chi connectivity index (χ1v) is 6.80. The fourth-order valence-electron chi connectivity index (χ4n) is 1.50. The van der Waals surface area contributed by atoms with Crippen LogP contribution in [-0.4, -0.2) is 16.6 Å². The van der Waals surface area contributed by atoms with E-state index < -0.39 is 0 Å². The minimum absolute atomic E-state index is 0.0572. The van der Waals surface area contributed by atoms with Gasteiger partial charge in [-0.15, -0.1) is 11.8 Å². The van der Waals surface area contributed by atoms with Gasteiger partial charge in [-0.25, -0.2) is 0 Å². The summed E-state index contributed by atoms with van der Waals surface area (Å²) in [5, 5.41) is 2.89. The molecular weight excluding hydrogens is 244 g/mol. The molecular formula is C14H16N2OS. The quantitative estimate of drug-likeness (QED) is 0.812. The van der Waals surface area contributed by atoms with Crippen molar-refractivity contribution < 1.29 is 4.79 Å². The molecule has 1 aromatic heterocycles. The fraction of sp³-hybridized carbons (Fsp3) is 0.214. The number of rotatable bonds is 5. The van der Waals surface area contributed by atoms with Crippen molar-refractivity contribution in [2.45, 2.75) is 18.4 Å². The molecule has 0 radical (unpaired) electrons. The van der Waals surface area contributed by atoms with E-state index in [2.05, 4.69) is 29.4 Å². The van der Waals surface area contributed by atoms with E-state index >= 15 is 0 Å². The maximum atomic E-state index is 11.6. The second-order valence-electron chi connectivity index (χ2n) is 4.10. The van der Waals surface area contributed by atoms with Gasteiger partial charge in [-0.3, -0.25) is 4.79 Å². The van der Waals surface area contributed by atoms with E-state index in [-0.39, 0.29) is 5.91 Å². The molecule has 2 aromatic rings. The number of aromatic amines is 1. The molecule has 18 heavy (non-hydrogen) atoms. The highest BCUT2D eigenvalue weighted by molar-refractivity contribution is 8.00. The van der Waals surface area contributed by atoms with Gasteiger partial charge in [0.25, 0.3) is 0 Å². The number of carbonyl (C=O) groups excluding carboxylic acids is 1. The van der Waals surface area contributed by atoms with Gasteiger partial charge in [-0.1, -0.05) is 17.7 Å². The van der Waals surface area contributed by atoms with E-state index in [1.54, 1.807) is 11.8 Å². The summed E-state index contributed by atoms with van der Waals surface area (Å²) in [5.74, 6) is 0.509. The van der Waals surface area contributed by atoms with Crippen molar-refractivity contribution in [2.24, 2.45) is 0 Å². The van der Waals surface area contributed by atoms with E-state index in [4.69, 9.17) is 0 Å². The third-order valence-corrected chi connectivity index (χ3v) is 3.55. The second kappa shape index (κ2) is 6.31. The van der Waals surface area contributed by atoms with Crippen molar-refractivity contribution in [3.63, 3.8) is 0 Å². The molecule has 1 amide bonds. The van der Waals surface area contributed by atoms with Crippen molar-refractivity contribution in [2.75, 3.05) is 5.75 Å². The van der Waals surface area contributed by atoms with Crippen molar-refractivity contribution >= 4 is 17.7 Å². The summed E-state index contributed by atoms with van der Waals surface area (Å²) in [5.41, 5.74) is 2.32. The fourth-order valence-corrected chi connectivity index (χ4v) is 2.23. The average molecular weight is 260 g/mol. The number of benzene rings is 1. The molecule has 0 aliphatic carbocycles. The van der Waals surface area contributed by atoms with Crippen molar-refractivity contribution in [3.05, 3.63) is 53.9 Å². The lowest BCUT2D eigenvalue weighted by atomic mass is 10.2. The lowest BCUT2D eigenvalue weighted by Gasteiger charge is -2.04. The SMILES string of the molecule is Cc1ccc(SCC(=O)NCc2cc[nH]c2)cc1. The first-order chi connectivity index (χ1) is 8.74. The summed E-state index contributed by atoms with van der Waals surface area (Å²) in [6.07, 6.45) is 3.73. The summed E-state index contributed by atoms with van der Waals surface area (Å²) in [6, 6.07) is 10.1. The molecule has 0 bridgehead atoms.